The van der Waals surface area contributed by atoms with Gasteiger partial charge in [-0.25, -0.2) is 0 Å². The molecule has 7 heavy (non-hydrogen) atoms. The largest absolute Gasteiger partial charge is 2.00 e. The third kappa shape index (κ3) is 139. The normalized spacial score (nSPS) is 0. The van der Waals surface area contributed by atoms with E-state index in [2.05, 4.69) is 0 Å². The van der Waals surface area contributed by atoms with Crippen LogP contribution in [-0.4, -0.2) is 0 Å². The molecule has 0 spiro atoms. The molecule has 0 heterocycles. The standard InChI is InChI=1S/5O.2W/q5*-2;;. The van der Waals surface area contributed by atoms with Gasteiger partial charge in [-0.1, -0.05) is 0 Å². The van der Waals surface area contributed by atoms with Crippen molar-refractivity contribution in [2.24, 2.45) is 0 Å². The molecule has 0 fully saturated rings. The predicted molar refractivity (Wildman–Crippen MR) is 3.43 cm³/mol. The van der Waals surface area contributed by atoms with Crippen LogP contribution in [0.5, 0.6) is 0 Å². The van der Waals surface area contributed by atoms with E-state index in [0.717, 1.165) is 0 Å². The summed E-state index contributed by atoms with van der Waals surface area (Å²) in [5.74, 6) is 0. The molecule has 0 aliphatic rings. The average Bonchev–Trinajstić information content (AvgIpc) is 0. The summed E-state index contributed by atoms with van der Waals surface area (Å²) in [5.41, 5.74) is 0. The van der Waals surface area contributed by atoms with E-state index in [-0.39, 0.29) is 69.5 Å². The summed E-state index contributed by atoms with van der Waals surface area (Å²) in [6.07, 6.45) is 0. The summed E-state index contributed by atoms with van der Waals surface area (Å²) in [6, 6.07) is 0. The van der Waals surface area contributed by atoms with Crippen LogP contribution in [0.25, 0.3) is 0 Å². The fourth-order valence-electron chi connectivity index (χ4n) is 0. The van der Waals surface area contributed by atoms with Crippen molar-refractivity contribution < 1.29 is 69.5 Å². The van der Waals surface area contributed by atoms with Gasteiger partial charge in [0.2, 0.25) is 0 Å². The van der Waals surface area contributed by atoms with Crippen molar-refractivity contribution >= 4 is 0 Å². The van der Waals surface area contributed by atoms with E-state index in [1.54, 1.807) is 0 Å². The second-order valence-corrected chi connectivity index (χ2v) is 0. The maximum atomic E-state index is 0. The smallest absolute Gasteiger partial charge is 0 e. The molecule has 0 aliphatic heterocycles. The Morgan fingerprint density at radius 2 is 0.286 bits per heavy atom. The molecule has 0 saturated heterocycles. The van der Waals surface area contributed by atoms with Crippen molar-refractivity contribution in [3.63, 3.8) is 0 Å². The second-order valence-electron chi connectivity index (χ2n) is 0. The molecule has 0 aromatic heterocycles. The van der Waals surface area contributed by atoms with Crippen molar-refractivity contribution in [1.29, 1.82) is 0 Å². The Morgan fingerprint density at radius 3 is 0.286 bits per heavy atom. The van der Waals surface area contributed by atoms with Crippen LogP contribution in [0.3, 0.4) is 0 Å². The third-order valence-electron chi connectivity index (χ3n) is 0. The maximum absolute atomic E-state index is 0. The van der Waals surface area contributed by atoms with Crippen molar-refractivity contribution in [2.45, 2.75) is 0 Å². The van der Waals surface area contributed by atoms with E-state index < -0.39 is 0 Å². The number of hydrogen-bond acceptors (Lipinski definition) is 0. The zero-order valence-corrected chi connectivity index (χ0v) is 8.72. The molecule has 0 radical (unpaired) electrons. The van der Waals surface area contributed by atoms with Gasteiger partial charge in [-0.15, -0.1) is 0 Å². The quantitative estimate of drug-likeness (QED) is 0.467. The fourth-order valence-corrected chi connectivity index (χ4v) is 0. The van der Waals surface area contributed by atoms with Gasteiger partial charge in [0, 0.05) is 42.1 Å². The molecule has 7 heteroatoms. The van der Waals surface area contributed by atoms with Crippen LogP contribution in [0.4, 0.5) is 0 Å². The van der Waals surface area contributed by atoms with Gasteiger partial charge in [0.1, 0.15) is 0 Å². The first-order chi connectivity index (χ1) is 0. The van der Waals surface area contributed by atoms with Gasteiger partial charge in [0.15, 0.2) is 0 Å². The Hall–Kier alpha value is 1.18. The van der Waals surface area contributed by atoms with Crippen molar-refractivity contribution in [3.8, 4) is 0 Å². The zero-order valence-electron chi connectivity index (χ0n) is 2.86. The van der Waals surface area contributed by atoms with Crippen LogP contribution in [0.15, 0.2) is 0 Å². The molecular weight excluding hydrogens is 448 g/mol. The van der Waals surface area contributed by atoms with Gasteiger partial charge in [-0.05, 0) is 0 Å². The zero-order chi connectivity index (χ0) is 0. The predicted octanol–water partition coefficient (Wildman–Crippen LogP) is -0.599. The van der Waals surface area contributed by atoms with Gasteiger partial charge in [-0.2, -0.15) is 0 Å². The molecule has 0 saturated carbocycles. The Morgan fingerprint density at radius 1 is 0.286 bits per heavy atom. The van der Waals surface area contributed by atoms with E-state index in [0.29, 0.717) is 0 Å². The van der Waals surface area contributed by atoms with Crippen LogP contribution < -0.4 is 0 Å². The van der Waals surface area contributed by atoms with Crippen LogP contribution >= 0.6 is 0 Å². The minimum absolute atomic E-state index is 0. The average molecular weight is 448 g/mol. The Labute approximate surface area is 69.5 Å². The molecule has 5 nitrogen and oxygen atoms in total. The summed E-state index contributed by atoms with van der Waals surface area (Å²) in [6.45, 7) is 0. The molecule has 0 aromatic rings. The Kier molecular flexibility index (Phi) is 8590. The minimum Gasteiger partial charge on any atom is -2.00 e. The second kappa shape index (κ2) is 198. The van der Waals surface area contributed by atoms with Gasteiger partial charge in [-0.3, -0.25) is 0 Å². The van der Waals surface area contributed by atoms with Crippen molar-refractivity contribution in [1.82, 2.24) is 0 Å². The first-order valence-electron chi connectivity index (χ1n) is 0. The van der Waals surface area contributed by atoms with Crippen LogP contribution in [0, 0.1) is 0 Å². The van der Waals surface area contributed by atoms with Crippen LogP contribution in [0.1, 0.15) is 0 Å². The molecule has 0 bridgehead atoms. The molecule has 0 atom stereocenters. The summed E-state index contributed by atoms with van der Waals surface area (Å²) in [4.78, 5) is 0. The van der Waals surface area contributed by atoms with E-state index in [9.17, 15) is 0 Å². The molecular formula is O5W2-10. The van der Waals surface area contributed by atoms with E-state index in [1.807, 2.05) is 0 Å². The van der Waals surface area contributed by atoms with Gasteiger partial charge < -0.3 is 27.4 Å². The molecule has 0 rings (SSSR count). The third-order valence-corrected chi connectivity index (χ3v) is 0. The molecule has 0 N–H and O–H groups in total. The van der Waals surface area contributed by atoms with E-state index in [4.69, 9.17) is 0 Å². The van der Waals surface area contributed by atoms with Crippen LogP contribution in [-0.2, 0) is 69.5 Å². The van der Waals surface area contributed by atoms with E-state index in [1.165, 1.54) is 0 Å². The molecule has 0 aliphatic carbocycles. The summed E-state index contributed by atoms with van der Waals surface area (Å²) in [7, 11) is 0. The summed E-state index contributed by atoms with van der Waals surface area (Å²) in [5, 5.41) is 0. The molecule has 0 amide bonds. The van der Waals surface area contributed by atoms with Gasteiger partial charge in [0.25, 0.3) is 0 Å². The SMILES string of the molecule is [O-2].[O-2].[O-2].[O-2].[O-2].[W].[W]. The Balaban J connectivity index is 0. The first-order valence-corrected chi connectivity index (χ1v) is 0. The number of hydrogen-bond donors (Lipinski definition) is 0. The summed E-state index contributed by atoms with van der Waals surface area (Å²) < 4.78 is 0. The Bertz CT molecular complexity index is 6.04. The molecule has 0 aromatic carbocycles. The molecule has 52 valence electrons. The van der Waals surface area contributed by atoms with Gasteiger partial charge >= 0.3 is 0 Å². The summed E-state index contributed by atoms with van der Waals surface area (Å²) >= 11 is 0. The first kappa shape index (κ1) is 304. The maximum Gasteiger partial charge on any atom is 0 e. The van der Waals surface area contributed by atoms with Crippen LogP contribution in [0.2, 0.25) is 0 Å². The topological polar surface area (TPSA) is 142 Å². The van der Waals surface area contributed by atoms with Crippen molar-refractivity contribution in [3.05, 3.63) is 0 Å². The number of rotatable bonds is 0. The monoisotopic (exact) mass is 448 g/mol. The van der Waals surface area contributed by atoms with Gasteiger partial charge in [0.05, 0.1) is 0 Å². The van der Waals surface area contributed by atoms with E-state index >= 15 is 0 Å². The molecule has 0 unspecified atom stereocenters. The minimum atomic E-state index is 0. The fraction of sp³-hybridized carbons (Fsp3) is 0. The van der Waals surface area contributed by atoms with Crippen molar-refractivity contribution in [2.75, 3.05) is 0 Å².